The van der Waals surface area contributed by atoms with Crippen LogP contribution in [0.2, 0.25) is 5.02 Å². The second-order valence-electron chi connectivity index (χ2n) is 7.13. The van der Waals surface area contributed by atoms with E-state index in [-0.39, 0.29) is 5.54 Å². The number of fused-ring (bicyclic) bond motifs is 1. The van der Waals surface area contributed by atoms with Gasteiger partial charge in [-0.3, -0.25) is 0 Å². The van der Waals surface area contributed by atoms with E-state index >= 15 is 0 Å². The van der Waals surface area contributed by atoms with Gasteiger partial charge in [0.05, 0.1) is 11.2 Å². The Bertz CT molecular complexity index is 873. The first kappa shape index (κ1) is 17.7. The maximum Gasteiger partial charge on any atom is 0.162 e. The fraction of sp³-hybridized carbons (Fsp3) is 0.368. The van der Waals surface area contributed by atoms with Gasteiger partial charge in [0.25, 0.3) is 0 Å². The van der Waals surface area contributed by atoms with Gasteiger partial charge in [0.1, 0.15) is 12.4 Å². The molecule has 6 heteroatoms. The van der Waals surface area contributed by atoms with Crippen molar-refractivity contribution in [2.75, 3.05) is 6.61 Å². The number of nitrogens with zero attached hydrogens (tertiary/aromatic N) is 3. The Hall–Kier alpha value is -2.11. The predicted molar refractivity (Wildman–Crippen MR) is 101 cm³/mol. The second-order valence-corrected chi connectivity index (χ2v) is 7.54. The van der Waals surface area contributed by atoms with E-state index in [2.05, 4.69) is 23.9 Å². The zero-order valence-electron chi connectivity index (χ0n) is 14.7. The lowest BCUT2D eigenvalue weighted by atomic mass is 9.93. The highest BCUT2D eigenvalue weighted by Gasteiger charge is 2.21. The number of hydrogen-bond donors (Lipinski definition) is 1. The van der Waals surface area contributed by atoms with E-state index in [0.717, 1.165) is 23.2 Å². The van der Waals surface area contributed by atoms with Gasteiger partial charge in [0, 0.05) is 23.5 Å². The fourth-order valence-electron chi connectivity index (χ4n) is 3.05. The molecular formula is C19H23ClN4O. The van der Waals surface area contributed by atoms with Crippen LogP contribution in [0.5, 0.6) is 5.75 Å². The monoisotopic (exact) mass is 358 g/mol. The minimum absolute atomic E-state index is 0.386. The van der Waals surface area contributed by atoms with Gasteiger partial charge in [-0.25, -0.2) is 9.50 Å². The van der Waals surface area contributed by atoms with Crippen LogP contribution < -0.4 is 10.5 Å². The maximum absolute atomic E-state index is 6.42. The molecule has 25 heavy (non-hydrogen) atoms. The number of hydrogen-bond acceptors (Lipinski definition) is 4. The Morgan fingerprint density at radius 2 is 2.16 bits per heavy atom. The molecule has 132 valence electrons. The van der Waals surface area contributed by atoms with Gasteiger partial charge >= 0.3 is 0 Å². The van der Waals surface area contributed by atoms with Crippen LogP contribution in [0.15, 0.2) is 42.9 Å². The molecule has 0 saturated carbocycles. The molecular weight excluding hydrogens is 336 g/mol. The molecule has 2 heterocycles. The topological polar surface area (TPSA) is 65.4 Å². The number of nitrogens with two attached hydrogens (primary N) is 1. The highest BCUT2D eigenvalue weighted by molar-refractivity contribution is 6.32. The molecule has 0 bridgehead atoms. The van der Waals surface area contributed by atoms with Gasteiger partial charge < -0.3 is 10.5 Å². The van der Waals surface area contributed by atoms with Crippen molar-refractivity contribution in [3.05, 3.63) is 47.9 Å². The third-order valence-electron chi connectivity index (χ3n) is 3.95. The van der Waals surface area contributed by atoms with Crippen molar-refractivity contribution in [2.45, 2.75) is 32.7 Å². The average Bonchev–Trinajstić information content (AvgIpc) is 2.96. The Morgan fingerprint density at radius 1 is 1.36 bits per heavy atom. The summed E-state index contributed by atoms with van der Waals surface area (Å²) in [4.78, 5) is 4.38. The number of benzene rings is 1. The minimum Gasteiger partial charge on any atom is -0.490 e. The van der Waals surface area contributed by atoms with Crippen molar-refractivity contribution < 1.29 is 4.74 Å². The summed E-state index contributed by atoms with van der Waals surface area (Å²) in [7, 11) is 0. The lowest BCUT2D eigenvalue weighted by molar-refractivity contribution is 0.207. The second kappa shape index (κ2) is 7.02. The Morgan fingerprint density at radius 3 is 2.88 bits per heavy atom. The molecule has 0 fully saturated rings. The van der Waals surface area contributed by atoms with E-state index in [1.165, 1.54) is 0 Å². The zero-order chi connectivity index (χ0) is 18.0. The molecule has 0 aliphatic carbocycles. The van der Waals surface area contributed by atoms with Gasteiger partial charge in [-0.05, 0) is 43.0 Å². The highest BCUT2D eigenvalue weighted by Crippen LogP contribution is 2.32. The van der Waals surface area contributed by atoms with Crippen LogP contribution in [-0.4, -0.2) is 26.7 Å². The molecule has 1 unspecified atom stereocenters. The summed E-state index contributed by atoms with van der Waals surface area (Å²) >= 11 is 6.42. The fourth-order valence-corrected chi connectivity index (χ4v) is 3.29. The minimum atomic E-state index is -0.386. The molecule has 0 saturated heterocycles. The lowest BCUT2D eigenvalue weighted by Gasteiger charge is -2.26. The Kier molecular flexibility index (Phi) is 4.97. The van der Waals surface area contributed by atoms with E-state index in [1.54, 1.807) is 16.9 Å². The SMILES string of the molecule is CC(C)CC(C)(N)COc1ccc(-c2cnn3cccnc23)cc1Cl. The van der Waals surface area contributed by atoms with Gasteiger partial charge in [-0.1, -0.05) is 31.5 Å². The van der Waals surface area contributed by atoms with Crippen LogP contribution in [0.4, 0.5) is 0 Å². The molecule has 2 N–H and O–H groups in total. The molecule has 0 aliphatic heterocycles. The third-order valence-corrected chi connectivity index (χ3v) is 4.25. The molecule has 0 radical (unpaired) electrons. The zero-order valence-corrected chi connectivity index (χ0v) is 15.5. The first-order valence-corrected chi connectivity index (χ1v) is 8.73. The van der Waals surface area contributed by atoms with Crippen molar-refractivity contribution in [3.8, 4) is 16.9 Å². The van der Waals surface area contributed by atoms with Crippen LogP contribution in [0, 0.1) is 5.92 Å². The van der Waals surface area contributed by atoms with Gasteiger partial charge in [0.2, 0.25) is 0 Å². The van der Waals surface area contributed by atoms with E-state index in [9.17, 15) is 0 Å². The predicted octanol–water partition coefficient (Wildman–Crippen LogP) is 4.19. The lowest BCUT2D eigenvalue weighted by Crippen LogP contribution is -2.43. The number of ether oxygens (including phenoxy) is 1. The van der Waals surface area contributed by atoms with Crippen LogP contribution in [-0.2, 0) is 0 Å². The first-order chi connectivity index (χ1) is 11.9. The smallest absolute Gasteiger partial charge is 0.162 e. The van der Waals surface area contributed by atoms with Crippen molar-refractivity contribution in [1.29, 1.82) is 0 Å². The Balaban J connectivity index is 1.79. The quantitative estimate of drug-likeness (QED) is 0.717. The van der Waals surface area contributed by atoms with Crippen molar-refractivity contribution >= 4 is 17.2 Å². The largest absolute Gasteiger partial charge is 0.490 e. The molecule has 1 aromatic carbocycles. The molecule has 0 aliphatic rings. The highest BCUT2D eigenvalue weighted by atomic mass is 35.5. The van der Waals surface area contributed by atoms with Crippen LogP contribution in [0.3, 0.4) is 0 Å². The summed E-state index contributed by atoms with van der Waals surface area (Å²) < 4.78 is 7.60. The van der Waals surface area contributed by atoms with E-state index in [0.29, 0.717) is 23.3 Å². The molecule has 3 aromatic rings. The maximum atomic E-state index is 6.42. The molecule has 0 amide bonds. The summed E-state index contributed by atoms with van der Waals surface area (Å²) in [6.07, 6.45) is 6.28. The molecule has 5 nitrogen and oxygen atoms in total. The van der Waals surface area contributed by atoms with Crippen molar-refractivity contribution in [1.82, 2.24) is 14.6 Å². The van der Waals surface area contributed by atoms with E-state index < -0.39 is 0 Å². The summed E-state index contributed by atoms with van der Waals surface area (Å²) in [6.45, 7) is 6.72. The number of rotatable bonds is 6. The summed E-state index contributed by atoms with van der Waals surface area (Å²) in [5.41, 5.74) is 8.58. The van der Waals surface area contributed by atoms with Crippen LogP contribution in [0.25, 0.3) is 16.8 Å². The molecule has 0 spiro atoms. The van der Waals surface area contributed by atoms with Crippen molar-refractivity contribution in [2.24, 2.45) is 11.7 Å². The van der Waals surface area contributed by atoms with Crippen LogP contribution in [0.1, 0.15) is 27.2 Å². The molecule has 3 rings (SSSR count). The summed E-state index contributed by atoms with van der Waals surface area (Å²) in [6, 6.07) is 7.55. The number of aromatic nitrogens is 3. The van der Waals surface area contributed by atoms with Gasteiger partial charge in [0.15, 0.2) is 5.65 Å². The Labute approximate surface area is 152 Å². The molecule has 1 atom stereocenters. The van der Waals surface area contributed by atoms with E-state index in [1.807, 2.05) is 37.4 Å². The van der Waals surface area contributed by atoms with Crippen LogP contribution >= 0.6 is 11.6 Å². The molecule has 2 aromatic heterocycles. The average molecular weight is 359 g/mol. The summed E-state index contributed by atoms with van der Waals surface area (Å²) in [5.74, 6) is 1.15. The first-order valence-electron chi connectivity index (χ1n) is 8.36. The van der Waals surface area contributed by atoms with Gasteiger partial charge in [-0.2, -0.15) is 5.10 Å². The standard InChI is InChI=1S/C19H23ClN4O/c1-13(2)10-19(3,21)12-25-17-6-5-14(9-16(17)20)15-11-23-24-8-4-7-22-18(15)24/h4-9,11,13H,10,12,21H2,1-3H3. The van der Waals surface area contributed by atoms with Gasteiger partial charge in [-0.15, -0.1) is 0 Å². The van der Waals surface area contributed by atoms with Crippen molar-refractivity contribution in [3.63, 3.8) is 0 Å². The van der Waals surface area contributed by atoms with E-state index in [4.69, 9.17) is 22.1 Å². The summed E-state index contributed by atoms with van der Waals surface area (Å²) in [5, 5.41) is 4.86. The third kappa shape index (κ3) is 4.11. The normalized spacial score (nSPS) is 14.0. The number of halogens is 1.